The highest BCUT2D eigenvalue weighted by atomic mass is 32.2. The van der Waals surface area contributed by atoms with Crippen LogP contribution in [0.15, 0.2) is 12.4 Å². The molecule has 0 amide bonds. The molecule has 0 spiro atoms. The number of nitrogens with two attached hydrogens (primary N) is 1. The first kappa shape index (κ1) is 13.8. The number of thiocarbonyl (C=S) groups is 1. The van der Waals surface area contributed by atoms with Crippen LogP contribution in [0, 0.1) is 0 Å². The summed E-state index contributed by atoms with van der Waals surface area (Å²) in [6, 6.07) is -0.241. The van der Waals surface area contributed by atoms with Crippen LogP contribution in [-0.2, 0) is 9.84 Å². The molecule has 0 aliphatic heterocycles. The molecule has 1 unspecified atom stereocenters. The molecule has 0 aromatic carbocycles. The number of nitrogens with one attached hydrogen (secondary N) is 1. The quantitative estimate of drug-likeness (QED) is 0.727. The summed E-state index contributed by atoms with van der Waals surface area (Å²) in [4.78, 5) is 8.20. The van der Waals surface area contributed by atoms with Crippen LogP contribution in [0.2, 0.25) is 0 Å². The second-order valence-corrected chi connectivity index (χ2v) is 6.41. The van der Waals surface area contributed by atoms with Crippen molar-refractivity contribution in [3.05, 3.63) is 18.1 Å². The zero-order valence-electron chi connectivity index (χ0n) is 9.54. The van der Waals surface area contributed by atoms with Gasteiger partial charge in [0.1, 0.15) is 26.3 Å². The first-order chi connectivity index (χ1) is 7.78. The largest absolute Gasteiger partial charge is 0.388 e. The minimum absolute atomic E-state index is 0.0335. The van der Waals surface area contributed by atoms with Crippen molar-refractivity contribution in [1.29, 1.82) is 0 Å². The van der Waals surface area contributed by atoms with Crippen molar-refractivity contribution in [3.8, 4) is 0 Å². The summed E-state index contributed by atoms with van der Waals surface area (Å²) in [6.45, 7) is 1.75. The van der Waals surface area contributed by atoms with Gasteiger partial charge in [-0.2, -0.15) is 0 Å². The topological polar surface area (TPSA) is 98.0 Å². The Labute approximate surface area is 106 Å². The fraction of sp³-hybridized carbons (Fsp3) is 0.444. The van der Waals surface area contributed by atoms with Gasteiger partial charge < -0.3 is 11.1 Å². The minimum Gasteiger partial charge on any atom is -0.388 e. The molecule has 0 bridgehead atoms. The van der Waals surface area contributed by atoms with Gasteiger partial charge in [0.05, 0.1) is 18.1 Å². The van der Waals surface area contributed by atoms with E-state index < -0.39 is 9.84 Å². The van der Waals surface area contributed by atoms with Crippen LogP contribution in [0.5, 0.6) is 0 Å². The molecule has 1 heterocycles. The number of rotatable bonds is 5. The number of hydrogen-bond acceptors (Lipinski definition) is 6. The van der Waals surface area contributed by atoms with E-state index in [1.54, 1.807) is 6.92 Å². The minimum atomic E-state index is -3.02. The Hall–Kier alpha value is -1.28. The third-order valence-electron chi connectivity index (χ3n) is 1.85. The maximum atomic E-state index is 11.1. The molecule has 17 heavy (non-hydrogen) atoms. The van der Waals surface area contributed by atoms with Gasteiger partial charge in [0.2, 0.25) is 0 Å². The summed E-state index contributed by atoms with van der Waals surface area (Å²) >= 11 is 4.74. The predicted molar refractivity (Wildman–Crippen MR) is 70.7 cm³/mol. The van der Waals surface area contributed by atoms with Crippen LogP contribution in [0.3, 0.4) is 0 Å². The summed E-state index contributed by atoms with van der Waals surface area (Å²) in [5.41, 5.74) is 5.81. The second kappa shape index (κ2) is 5.37. The van der Waals surface area contributed by atoms with Gasteiger partial charge in [0, 0.05) is 12.3 Å². The number of hydrogen-bond donors (Lipinski definition) is 2. The van der Waals surface area contributed by atoms with E-state index in [1.807, 2.05) is 0 Å². The van der Waals surface area contributed by atoms with E-state index >= 15 is 0 Å². The van der Waals surface area contributed by atoms with Gasteiger partial charge in [0.15, 0.2) is 0 Å². The Morgan fingerprint density at radius 3 is 2.59 bits per heavy atom. The highest BCUT2D eigenvalue weighted by Gasteiger charge is 2.11. The second-order valence-electron chi connectivity index (χ2n) is 3.79. The van der Waals surface area contributed by atoms with Gasteiger partial charge in [-0.15, -0.1) is 0 Å². The monoisotopic (exact) mass is 274 g/mol. The molecule has 0 radical (unpaired) electrons. The molecule has 94 valence electrons. The summed E-state index contributed by atoms with van der Waals surface area (Å²) in [5.74, 6) is 0.521. The van der Waals surface area contributed by atoms with Crippen molar-refractivity contribution < 1.29 is 8.42 Å². The lowest BCUT2D eigenvalue weighted by Gasteiger charge is -2.12. The summed E-state index contributed by atoms with van der Waals surface area (Å²) in [5, 5.41) is 2.93. The van der Waals surface area contributed by atoms with E-state index in [-0.39, 0.29) is 16.8 Å². The first-order valence-corrected chi connectivity index (χ1v) is 7.31. The molecule has 1 aromatic heterocycles. The number of sulfone groups is 1. The Morgan fingerprint density at radius 2 is 2.18 bits per heavy atom. The molecule has 1 rings (SSSR count). The van der Waals surface area contributed by atoms with Crippen molar-refractivity contribution in [3.63, 3.8) is 0 Å². The highest BCUT2D eigenvalue weighted by Crippen LogP contribution is 2.04. The van der Waals surface area contributed by atoms with Crippen molar-refractivity contribution in [2.45, 2.75) is 13.0 Å². The van der Waals surface area contributed by atoms with Gasteiger partial charge in [-0.25, -0.2) is 18.4 Å². The maximum absolute atomic E-state index is 11.1. The predicted octanol–water partition coefficient (Wildman–Crippen LogP) is -0.0442. The van der Waals surface area contributed by atoms with Crippen molar-refractivity contribution in [1.82, 2.24) is 9.97 Å². The fourth-order valence-corrected chi connectivity index (χ4v) is 2.38. The van der Waals surface area contributed by atoms with Crippen LogP contribution in [0.1, 0.15) is 12.6 Å². The van der Waals surface area contributed by atoms with E-state index in [2.05, 4.69) is 15.3 Å². The van der Waals surface area contributed by atoms with Crippen molar-refractivity contribution >= 4 is 32.9 Å². The Morgan fingerprint density at radius 1 is 1.53 bits per heavy atom. The van der Waals surface area contributed by atoms with E-state index in [0.717, 1.165) is 0 Å². The van der Waals surface area contributed by atoms with Crippen molar-refractivity contribution in [2.75, 3.05) is 17.3 Å². The van der Waals surface area contributed by atoms with Crippen LogP contribution < -0.4 is 11.1 Å². The molecule has 8 heteroatoms. The van der Waals surface area contributed by atoms with E-state index in [4.69, 9.17) is 18.0 Å². The maximum Gasteiger partial charge on any atom is 0.149 e. The summed E-state index contributed by atoms with van der Waals surface area (Å²) in [6.07, 6.45) is 4.10. The van der Waals surface area contributed by atoms with Crippen LogP contribution >= 0.6 is 12.2 Å². The van der Waals surface area contributed by atoms with Gasteiger partial charge in [-0.1, -0.05) is 12.2 Å². The number of aromatic nitrogens is 2. The Bertz CT molecular complexity index is 498. The lowest BCUT2D eigenvalue weighted by molar-refractivity contribution is 0.598. The molecule has 0 aliphatic carbocycles. The molecule has 0 aliphatic rings. The van der Waals surface area contributed by atoms with Gasteiger partial charge in [-0.05, 0) is 6.92 Å². The third kappa shape index (κ3) is 5.05. The van der Waals surface area contributed by atoms with Gasteiger partial charge >= 0.3 is 0 Å². The van der Waals surface area contributed by atoms with E-state index in [1.165, 1.54) is 18.6 Å². The molecule has 3 N–H and O–H groups in total. The lowest BCUT2D eigenvalue weighted by Crippen LogP contribution is -2.25. The zero-order chi connectivity index (χ0) is 13.1. The normalized spacial score (nSPS) is 13.1. The molecule has 0 saturated heterocycles. The zero-order valence-corrected chi connectivity index (χ0v) is 11.2. The van der Waals surface area contributed by atoms with Gasteiger partial charge in [0.25, 0.3) is 0 Å². The molecule has 1 atom stereocenters. The summed E-state index contributed by atoms with van der Waals surface area (Å²) < 4.78 is 22.1. The average Bonchev–Trinajstić information content (AvgIpc) is 2.15. The molecule has 0 saturated carbocycles. The smallest absolute Gasteiger partial charge is 0.149 e. The lowest BCUT2D eigenvalue weighted by atomic mass is 10.4. The molecule has 6 nitrogen and oxygen atoms in total. The molecular weight excluding hydrogens is 260 g/mol. The number of anilines is 1. The van der Waals surface area contributed by atoms with Crippen LogP contribution in [0.25, 0.3) is 0 Å². The first-order valence-electron chi connectivity index (χ1n) is 4.84. The Kier molecular flexibility index (Phi) is 4.35. The molecule has 0 fully saturated rings. The van der Waals surface area contributed by atoms with Crippen LogP contribution in [0.4, 0.5) is 5.82 Å². The standard InChI is InChI=1S/C9H14N4O2S2/c1-6(5-17(2,14)15)13-8-4-11-7(3-12-8)9(10)16/h3-4,6H,5H2,1-2H3,(H2,10,16)(H,12,13). The SMILES string of the molecule is CC(CS(C)(=O)=O)Nc1cnc(C(N)=S)cn1. The summed E-state index contributed by atoms with van der Waals surface area (Å²) in [7, 11) is -3.02. The fourth-order valence-electron chi connectivity index (χ4n) is 1.28. The highest BCUT2D eigenvalue weighted by molar-refractivity contribution is 7.90. The Balaban J connectivity index is 2.66. The van der Waals surface area contributed by atoms with Crippen LogP contribution in [-0.4, -0.2) is 41.4 Å². The van der Waals surface area contributed by atoms with E-state index in [0.29, 0.717) is 11.5 Å². The van der Waals surface area contributed by atoms with E-state index in [9.17, 15) is 8.42 Å². The van der Waals surface area contributed by atoms with Crippen molar-refractivity contribution in [2.24, 2.45) is 5.73 Å². The molecular formula is C9H14N4O2S2. The third-order valence-corrected chi connectivity index (χ3v) is 3.17. The van der Waals surface area contributed by atoms with Gasteiger partial charge in [-0.3, -0.25) is 0 Å². The number of nitrogens with zero attached hydrogens (tertiary/aromatic N) is 2. The average molecular weight is 274 g/mol. The molecule has 1 aromatic rings.